The number of hydrogen-bond donors (Lipinski definition) is 1. The van der Waals surface area contributed by atoms with Crippen molar-refractivity contribution in [1.29, 1.82) is 0 Å². The first-order chi connectivity index (χ1) is 14.1. The van der Waals surface area contributed by atoms with E-state index in [1.807, 2.05) is 54.3 Å². The quantitative estimate of drug-likeness (QED) is 0.847. The fourth-order valence-electron chi connectivity index (χ4n) is 3.86. The van der Waals surface area contributed by atoms with Gasteiger partial charge in [0.15, 0.2) is 11.5 Å². The van der Waals surface area contributed by atoms with E-state index in [1.54, 1.807) is 0 Å². The number of rotatable bonds is 5. The van der Waals surface area contributed by atoms with Crippen LogP contribution in [-0.4, -0.2) is 36.6 Å². The molecule has 0 bridgehead atoms. The van der Waals surface area contributed by atoms with Crippen molar-refractivity contribution in [3.05, 3.63) is 59.2 Å². The van der Waals surface area contributed by atoms with E-state index in [2.05, 4.69) is 5.32 Å². The summed E-state index contributed by atoms with van der Waals surface area (Å²) in [5, 5.41) is 3.01. The lowest BCUT2D eigenvalue weighted by molar-refractivity contribution is -0.135. The minimum Gasteiger partial charge on any atom is -0.454 e. The Bertz CT molecular complexity index is 904. The Morgan fingerprint density at radius 3 is 2.62 bits per heavy atom. The Kier molecular flexibility index (Phi) is 5.69. The topological polar surface area (TPSA) is 67.9 Å². The third kappa shape index (κ3) is 4.53. The second-order valence-corrected chi connectivity index (χ2v) is 7.66. The molecule has 6 nitrogen and oxygen atoms in total. The molecule has 0 atom stereocenters. The van der Waals surface area contributed by atoms with Crippen molar-refractivity contribution in [1.82, 2.24) is 10.2 Å². The Hall–Kier alpha value is -3.02. The number of fused-ring (bicyclic) bond motifs is 1. The van der Waals surface area contributed by atoms with Crippen LogP contribution in [0.2, 0.25) is 0 Å². The van der Waals surface area contributed by atoms with Crippen molar-refractivity contribution in [2.75, 3.05) is 19.9 Å². The summed E-state index contributed by atoms with van der Waals surface area (Å²) in [6, 6.07) is 13.7. The van der Waals surface area contributed by atoms with Crippen molar-refractivity contribution < 1.29 is 19.1 Å². The fourth-order valence-corrected chi connectivity index (χ4v) is 3.86. The molecule has 1 fully saturated rings. The van der Waals surface area contributed by atoms with Crippen LogP contribution in [0.15, 0.2) is 42.5 Å². The largest absolute Gasteiger partial charge is 0.454 e. The molecule has 2 aromatic carbocycles. The summed E-state index contributed by atoms with van der Waals surface area (Å²) >= 11 is 0. The highest BCUT2D eigenvalue weighted by Crippen LogP contribution is 2.32. The van der Waals surface area contributed by atoms with Crippen LogP contribution in [0.3, 0.4) is 0 Å². The number of nitrogens with one attached hydrogen (secondary N) is 1. The van der Waals surface area contributed by atoms with Gasteiger partial charge in [-0.2, -0.15) is 0 Å². The summed E-state index contributed by atoms with van der Waals surface area (Å²) < 4.78 is 10.7. The van der Waals surface area contributed by atoms with Crippen LogP contribution in [-0.2, 0) is 22.6 Å². The van der Waals surface area contributed by atoms with Crippen LogP contribution in [0.1, 0.15) is 29.5 Å². The van der Waals surface area contributed by atoms with E-state index in [0.29, 0.717) is 38.9 Å². The third-order valence-corrected chi connectivity index (χ3v) is 5.73. The minimum absolute atomic E-state index is 0.0495. The predicted octanol–water partition coefficient (Wildman–Crippen LogP) is 2.82. The Balaban J connectivity index is 1.24. The molecular formula is C23H26N2O4. The summed E-state index contributed by atoms with van der Waals surface area (Å²) in [6.45, 7) is 3.99. The summed E-state index contributed by atoms with van der Waals surface area (Å²) in [7, 11) is 0. The molecule has 2 aliphatic rings. The maximum atomic E-state index is 12.6. The molecule has 2 aliphatic heterocycles. The minimum atomic E-state index is -0.0495. The van der Waals surface area contributed by atoms with Crippen molar-refractivity contribution in [3.8, 4) is 11.5 Å². The lowest BCUT2D eigenvalue weighted by atomic mass is 9.95. The van der Waals surface area contributed by atoms with Gasteiger partial charge in [0.25, 0.3) is 0 Å². The van der Waals surface area contributed by atoms with Gasteiger partial charge in [-0.15, -0.1) is 0 Å². The number of hydrogen-bond acceptors (Lipinski definition) is 4. The average Bonchev–Trinajstić information content (AvgIpc) is 3.21. The van der Waals surface area contributed by atoms with Gasteiger partial charge in [0, 0.05) is 25.6 Å². The number of ether oxygens (including phenoxy) is 2. The highest BCUT2D eigenvalue weighted by Gasteiger charge is 2.27. The molecule has 0 aliphatic carbocycles. The number of benzene rings is 2. The molecule has 0 aromatic heterocycles. The molecule has 1 saturated heterocycles. The van der Waals surface area contributed by atoms with Crippen molar-refractivity contribution >= 4 is 11.8 Å². The first-order valence-corrected chi connectivity index (χ1v) is 10.1. The van der Waals surface area contributed by atoms with Crippen LogP contribution in [0.5, 0.6) is 11.5 Å². The number of likely N-dealkylation sites (tertiary alicyclic amines) is 1. The summed E-state index contributed by atoms with van der Waals surface area (Å²) in [4.78, 5) is 27.0. The third-order valence-electron chi connectivity index (χ3n) is 5.73. The van der Waals surface area contributed by atoms with Gasteiger partial charge < -0.3 is 19.7 Å². The van der Waals surface area contributed by atoms with Gasteiger partial charge in [0.2, 0.25) is 18.6 Å². The molecule has 2 amide bonds. The molecule has 152 valence electrons. The number of carbonyl (C=O) groups is 2. The summed E-state index contributed by atoms with van der Waals surface area (Å²) in [5.41, 5.74) is 3.19. The Morgan fingerprint density at radius 2 is 1.83 bits per heavy atom. The zero-order chi connectivity index (χ0) is 20.2. The van der Waals surface area contributed by atoms with Crippen LogP contribution < -0.4 is 14.8 Å². The lowest BCUT2D eigenvalue weighted by Crippen LogP contribution is -2.43. The first kappa shape index (κ1) is 19.3. The van der Waals surface area contributed by atoms with Gasteiger partial charge in [-0.1, -0.05) is 30.3 Å². The van der Waals surface area contributed by atoms with Gasteiger partial charge in [-0.05, 0) is 48.6 Å². The van der Waals surface area contributed by atoms with Crippen LogP contribution in [0.4, 0.5) is 0 Å². The van der Waals surface area contributed by atoms with Crippen LogP contribution in [0.25, 0.3) is 0 Å². The van der Waals surface area contributed by atoms with E-state index in [0.717, 1.165) is 28.2 Å². The van der Waals surface area contributed by atoms with E-state index >= 15 is 0 Å². The monoisotopic (exact) mass is 394 g/mol. The van der Waals surface area contributed by atoms with Crippen LogP contribution >= 0.6 is 0 Å². The zero-order valence-corrected chi connectivity index (χ0v) is 16.6. The molecule has 2 heterocycles. The number of piperidine rings is 1. The zero-order valence-electron chi connectivity index (χ0n) is 16.6. The van der Waals surface area contributed by atoms with Gasteiger partial charge in [-0.25, -0.2) is 0 Å². The highest BCUT2D eigenvalue weighted by atomic mass is 16.7. The maximum Gasteiger partial charge on any atom is 0.231 e. The lowest BCUT2D eigenvalue weighted by Gasteiger charge is -2.31. The summed E-state index contributed by atoms with van der Waals surface area (Å²) in [5.74, 6) is 1.60. The predicted molar refractivity (Wildman–Crippen MR) is 109 cm³/mol. The highest BCUT2D eigenvalue weighted by molar-refractivity contribution is 5.81. The second-order valence-electron chi connectivity index (χ2n) is 7.66. The number of aryl methyl sites for hydroxylation is 1. The SMILES string of the molecule is Cc1ccccc1CC(=O)N1CCC(C(=O)NCc2ccc3c(c2)OCO3)CC1. The standard InChI is InChI=1S/C23H26N2O4/c1-16-4-2-3-5-19(16)13-22(26)25-10-8-18(9-11-25)23(27)24-14-17-6-7-20-21(12-17)29-15-28-20/h2-7,12,18H,8-11,13-15H2,1H3,(H,24,27). The molecule has 0 unspecified atom stereocenters. The molecule has 29 heavy (non-hydrogen) atoms. The molecule has 0 saturated carbocycles. The van der Waals surface area contributed by atoms with E-state index in [4.69, 9.17) is 9.47 Å². The van der Waals surface area contributed by atoms with Crippen molar-refractivity contribution in [2.24, 2.45) is 5.92 Å². The molecule has 0 spiro atoms. The van der Waals surface area contributed by atoms with E-state index < -0.39 is 0 Å². The summed E-state index contributed by atoms with van der Waals surface area (Å²) in [6.07, 6.45) is 1.83. The molecule has 0 radical (unpaired) electrons. The second kappa shape index (κ2) is 8.55. The fraction of sp³-hybridized carbons (Fsp3) is 0.391. The van der Waals surface area contributed by atoms with E-state index in [9.17, 15) is 9.59 Å². The van der Waals surface area contributed by atoms with Crippen LogP contribution in [0, 0.1) is 12.8 Å². The van der Waals surface area contributed by atoms with Gasteiger partial charge >= 0.3 is 0 Å². The molecular weight excluding hydrogens is 368 g/mol. The van der Waals surface area contributed by atoms with E-state index in [1.165, 1.54) is 0 Å². The normalized spacial score (nSPS) is 16.0. The van der Waals surface area contributed by atoms with E-state index in [-0.39, 0.29) is 24.5 Å². The van der Waals surface area contributed by atoms with Gasteiger partial charge in [0.05, 0.1) is 6.42 Å². The van der Waals surface area contributed by atoms with Crippen molar-refractivity contribution in [2.45, 2.75) is 32.7 Å². The van der Waals surface area contributed by atoms with Gasteiger partial charge in [-0.3, -0.25) is 9.59 Å². The maximum absolute atomic E-state index is 12.6. The number of nitrogens with zero attached hydrogens (tertiary/aromatic N) is 1. The molecule has 6 heteroatoms. The van der Waals surface area contributed by atoms with Gasteiger partial charge in [0.1, 0.15) is 0 Å². The number of carbonyl (C=O) groups excluding carboxylic acids is 2. The molecule has 1 N–H and O–H groups in total. The number of amides is 2. The smallest absolute Gasteiger partial charge is 0.231 e. The first-order valence-electron chi connectivity index (χ1n) is 10.1. The molecule has 2 aromatic rings. The van der Waals surface area contributed by atoms with Crippen molar-refractivity contribution in [3.63, 3.8) is 0 Å². The Labute approximate surface area is 170 Å². The average molecular weight is 394 g/mol. The Morgan fingerprint density at radius 1 is 1.07 bits per heavy atom. The molecule has 4 rings (SSSR count).